The highest BCUT2D eigenvalue weighted by Crippen LogP contribution is 2.32. The van der Waals surface area contributed by atoms with Gasteiger partial charge in [0, 0.05) is 36.4 Å². The van der Waals surface area contributed by atoms with Crippen LogP contribution in [-0.2, 0) is 0 Å². The van der Waals surface area contributed by atoms with E-state index in [1.165, 1.54) is 19.3 Å². The summed E-state index contributed by atoms with van der Waals surface area (Å²) in [5.41, 5.74) is 1.78. The molecule has 21 heavy (non-hydrogen) atoms. The van der Waals surface area contributed by atoms with Crippen LogP contribution in [0.15, 0.2) is 24.3 Å². The molecule has 2 bridgehead atoms. The lowest BCUT2D eigenvalue weighted by Crippen LogP contribution is -2.55. The van der Waals surface area contributed by atoms with E-state index >= 15 is 0 Å². The summed E-state index contributed by atoms with van der Waals surface area (Å²) in [4.78, 5) is 14.9. The minimum Gasteiger partial charge on any atom is -0.388 e. The number of rotatable bonds is 3. The third-order valence-corrected chi connectivity index (χ3v) is 5.11. The van der Waals surface area contributed by atoms with Crippen molar-refractivity contribution in [3.05, 3.63) is 29.8 Å². The number of hydrogen-bond acceptors (Lipinski definition) is 3. The van der Waals surface area contributed by atoms with Crippen LogP contribution in [0.5, 0.6) is 0 Å². The molecule has 0 aromatic heterocycles. The lowest BCUT2D eigenvalue weighted by atomic mass is 9.82. The van der Waals surface area contributed by atoms with E-state index in [0.717, 1.165) is 24.1 Å². The summed E-state index contributed by atoms with van der Waals surface area (Å²) in [5, 5.41) is 6.30. The average molecular weight is 287 g/mol. The van der Waals surface area contributed by atoms with Crippen LogP contribution in [0, 0.1) is 0 Å². The number of nitrogens with zero attached hydrogens (tertiary/aromatic N) is 1. The molecular weight excluding hydrogens is 262 g/mol. The van der Waals surface area contributed by atoms with Crippen LogP contribution >= 0.6 is 0 Å². The van der Waals surface area contributed by atoms with Crippen molar-refractivity contribution in [3.63, 3.8) is 0 Å². The van der Waals surface area contributed by atoms with Crippen molar-refractivity contribution in [3.8, 4) is 0 Å². The number of carbonyl (C=O) groups excluding carboxylic acids is 1. The van der Waals surface area contributed by atoms with Gasteiger partial charge in [-0.25, -0.2) is 0 Å². The molecule has 1 aromatic carbocycles. The molecule has 1 aromatic rings. The Morgan fingerprint density at radius 2 is 1.76 bits per heavy atom. The van der Waals surface area contributed by atoms with Gasteiger partial charge >= 0.3 is 0 Å². The zero-order valence-electron chi connectivity index (χ0n) is 12.9. The van der Waals surface area contributed by atoms with Crippen LogP contribution in [-0.4, -0.2) is 43.0 Å². The van der Waals surface area contributed by atoms with E-state index in [1.807, 2.05) is 31.3 Å². The number of anilines is 1. The summed E-state index contributed by atoms with van der Waals surface area (Å²) in [6.45, 7) is 0. The van der Waals surface area contributed by atoms with Gasteiger partial charge in [-0.1, -0.05) is 6.42 Å². The van der Waals surface area contributed by atoms with Gasteiger partial charge in [0.25, 0.3) is 5.91 Å². The number of nitrogens with one attached hydrogen (secondary N) is 2. The third-order valence-electron chi connectivity index (χ3n) is 5.11. The third kappa shape index (κ3) is 3.05. The molecule has 2 saturated heterocycles. The van der Waals surface area contributed by atoms with Crippen LogP contribution in [0.1, 0.15) is 42.5 Å². The van der Waals surface area contributed by atoms with E-state index in [4.69, 9.17) is 0 Å². The highest BCUT2D eigenvalue weighted by molar-refractivity contribution is 5.94. The lowest BCUT2D eigenvalue weighted by Gasteiger charge is -2.47. The first-order chi connectivity index (χ1) is 10.2. The smallest absolute Gasteiger partial charge is 0.251 e. The Bertz CT molecular complexity index is 485. The molecule has 0 radical (unpaired) electrons. The van der Waals surface area contributed by atoms with Crippen LogP contribution in [0.2, 0.25) is 0 Å². The van der Waals surface area contributed by atoms with Crippen LogP contribution in [0.25, 0.3) is 0 Å². The van der Waals surface area contributed by atoms with Crippen molar-refractivity contribution >= 4 is 11.6 Å². The molecule has 2 fully saturated rings. The maximum absolute atomic E-state index is 12.4. The van der Waals surface area contributed by atoms with Crippen molar-refractivity contribution in [2.75, 3.05) is 19.4 Å². The number of hydrogen-bond donors (Lipinski definition) is 2. The summed E-state index contributed by atoms with van der Waals surface area (Å²) < 4.78 is 0. The minimum absolute atomic E-state index is 0.0604. The Balaban J connectivity index is 1.62. The Morgan fingerprint density at radius 1 is 1.14 bits per heavy atom. The zero-order chi connectivity index (χ0) is 14.8. The average Bonchev–Trinajstić information content (AvgIpc) is 2.48. The number of piperidine rings is 2. The molecule has 2 heterocycles. The van der Waals surface area contributed by atoms with E-state index in [9.17, 15) is 4.79 Å². The van der Waals surface area contributed by atoms with Gasteiger partial charge in [0.1, 0.15) is 0 Å². The molecule has 2 aliphatic heterocycles. The Morgan fingerprint density at radius 3 is 2.33 bits per heavy atom. The molecule has 2 unspecified atom stereocenters. The zero-order valence-corrected chi connectivity index (χ0v) is 12.9. The topological polar surface area (TPSA) is 44.4 Å². The van der Waals surface area contributed by atoms with Gasteiger partial charge in [-0.3, -0.25) is 4.79 Å². The largest absolute Gasteiger partial charge is 0.388 e. The normalized spacial score (nSPS) is 29.0. The lowest BCUT2D eigenvalue weighted by molar-refractivity contribution is 0.0463. The Labute approximate surface area is 126 Å². The van der Waals surface area contributed by atoms with Crippen LogP contribution in [0.4, 0.5) is 5.69 Å². The maximum Gasteiger partial charge on any atom is 0.251 e. The fourth-order valence-electron chi connectivity index (χ4n) is 3.79. The molecule has 114 valence electrons. The summed E-state index contributed by atoms with van der Waals surface area (Å²) in [6.07, 6.45) is 6.07. The second kappa shape index (κ2) is 6.06. The summed E-state index contributed by atoms with van der Waals surface area (Å²) >= 11 is 0. The van der Waals surface area contributed by atoms with E-state index in [-0.39, 0.29) is 5.91 Å². The first-order valence-corrected chi connectivity index (χ1v) is 7.98. The quantitative estimate of drug-likeness (QED) is 0.897. The van der Waals surface area contributed by atoms with E-state index in [1.54, 1.807) is 0 Å². The fourth-order valence-corrected chi connectivity index (χ4v) is 3.79. The molecule has 4 nitrogen and oxygen atoms in total. The molecule has 2 aliphatic rings. The highest BCUT2D eigenvalue weighted by atomic mass is 16.1. The Kier molecular flexibility index (Phi) is 4.15. The predicted octanol–water partition coefficient (Wildman–Crippen LogP) is 2.47. The van der Waals surface area contributed by atoms with Crippen molar-refractivity contribution in [2.24, 2.45) is 0 Å². The van der Waals surface area contributed by atoms with E-state index < -0.39 is 0 Å². The van der Waals surface area contributed by atoms with Crippen LogP contribution < -0.4 is 10.6 Å². The SMILES string of the molecule is CNc1ccc(C(=O)NC2CC3CCCC(C2)N3C)cc1. The molecule has 0 aliphatic carbocycles. The molecule has 0 spiro atoms. The number of benzene rings is 1. The molecular formula is C17H25N3O. The molecule has 3 rings (SSSR count). The minimum atomic E-state index is 0.0604. The molecule has 0 saturated carbocycles. The second-order valence-electron chi connectivity index (χ2n) is 6.37. The molecule has 2 atom stereocenters. The van der Waals surface area contributed by atoms with Gasteiger partial charge in [0.05, 0.1) is 0 Å². The van der Waals surface area contributed by atoms with E-state index in [0.29, 0.717) is 18.1 Å². The second-order valence-corrected chi connectivity index (χ2v) is 6.37. The highest BCUT2D eigenvalue weighted by Gasteiger charge is 2.36. The molecule has 2 N–H and O–H groups in total. The first kappa shape index (κ1) is 14.4. The Hall–Kier alpha value is -1.55. The maximum atomic E-state index is 12.4. The molecule has 4 heteroatoms. The van der Waals surface area contributed by atoms with Crippen molar-refractivity contribution in [1.82, 2.24) is 10.2 Å². The standard InChI is InChI=1S/C17H25N3O/c1-18-13-8-6-12(7-9-13)17(21)19-14-10-15-4-3-5-16(11-14)20(15)2/h6-9,14-16,18H,3-5,10-11H2,1-2H3,(H,19,21). The van der Waals surface area contributed by atoms with Gasteiger partial charge in [0.2, 0.25) is 0 Å². The molecule has 1 amide bonds. The van der Waals surface area contributed by atoms with Crippen molar-refractivity contribution in [2.45, 2.75) is 50.2 Å². The van der Waals surface area contributed by atoms with Gasteiger partial charge in [-0.05, 0) is 57.0 Å². The number of carbonyl (C=O) groups is 1. The van der Waals surface area contributed by atoms with Gasteiger partial charge in [0.15, 0.2) is 0 Å². The number of fused-ring (bicyclic) bond motifs is 2. The first-order valence-electron chi connectivity index (χ1n) is 7.98. The summed E-state index contributed by atoms with van der Waals surface area (Å²) in [5.74, 6) is 0.0604. The summed E-state index contributed by atoms with van der Waals surface area (Å²) in [7, 11) is 4.12. The van der Waals surface area contributed by atoms with Gasteiger partial charge < -0.3 is 15.5 Å². The van der Waals surface area contributed by atoms with Crippen molar-refractivity contribution in [1.29, 1.82) is 0 Å². The number of amides is 1. The van der Waals surface area contributed by atoms with Crippen molar-refractivity contribution < 1.29 is 4.79 Å². The monoisotopic (exact) mass is 287 g/mol. The van der Waals surface area contributed by atoms with E-state index in [2.05, 4.69) is 22.6 Å². The van der Waals surface area contributed by atoms with Gasteiger partial charge in [-0.15, -0.1) is 0 Å². The van der Waals surface area contributed by atoms with Gasteiger partial charge in [-0.2, -0.15) is 0 Å². The summed E-state index contributed by atoms with van der Waals surface area (Å²) in [6, 6.07) is 9.28. The fraction of sp³-hybridized carbons (Fsp3) is 0.588. The van der Waals surface area contributed by atoms with Crippen LogP contribution in [0.3, 0.4) is 0 Å². The predicted molar refractivity (Wildman–Crippen MR) is 85.7 cm³/mol.